The average Bonchev–Trinajstić information content (AvgIpc) is 2.96. The zero-order valence-electron chi connectivity index (χ0n) is 22.4. The normalized spacial score (nSPS) is 12.4. The predicted molar refractivity (Wildman–Crippen MR) is 155 cm³/mol. The van der Waals surface area contributed by atoms with Crippen LogP contribution in [0.1, 0.15) is 16.7 Å². The van der Waals surface area contributed by atoms with E-state index < -0.39 is 33.9 Å². The summed E-state index contributed by atoms with van der Waals surface area (Å²) >= 11 is 6.05. The number of hydrogen-bond acceptors (Lipinski definition) is 5. The Kier molecular flexibility index (Phi) is 9.42. The molecule has 0 fully saturated rings. The number of hydrogen-bond donors (Lipinski definition) is 2. The molecular formula is C29H27ClF2NO7PS. The van der Waals surface area contributed by atoms with Gasteiger partial charge in [0, 0.05) is 13.1 Å². The average molecular weight is 638 g/mol. The third kappa shape index (κ3) is 6.52. The molecule has 2 N–H and O–H groups in total. The van der Waals surface area contributed by atoms with Gasteiger partial charge in [-0.2, -0.15) is 13.1 Å². The lowest BCUT2D eigenvalue weighted by Gasteiger charge is -2.25. The lowest BCUT2D eigenvalue weighted by atomic mass is 9.99. The number of para-hydroxylation sites is 1. The second-order valence-corrected chi connectivity index (χ2v) is 13.2. The van der Waals surface area contributed by atoms with Gasteiger partial charge in [0.15, 0.2) is 0 Å². The highest BCUT2D eigenvalue weighted by atomic mass is 35.5. The molecule has 0 spiro atoms. The van der Waals surface area contributed by atoms with Crippen LogP contribution in [0.25, 0.3) is 11.1 Å². The zero-order chi connectivity index (χ0) is 30.7. The van der Waals surface area contributed by atoms with Crippen LogP contribution in [0, 0.1) is 0 Å². The number of nitrogens with zero attached hydrogens (tertiary/aromatic N) is 1. The first-order valence-corrected chi connectivity index (χ1v) is 15.8. The zero-order valence-corrected chi connectivity index (χ0v) is 24.9. The fourth-order valence-electron chi connectivity index (χ4n) is 4.38. The van der Waals surface area contributed by atoms with Gasteiger partial charge in [-0.3, -0.25) is 4.57 Å². The van der Waals surface area contributed by atoms with Crippen molar-refractivity contribution in [3.8, 4) is 22.6 Å². The fraction of sp³-hybridized carbons (Fsp3) is 0.172. The Hall–Kier alpha value is -3.31. The molecule has 0 saturated carbocycles. The van der Waals surface area contributed by atoms with E-state index in [1.165, 1.54) is 19.2 Å². The minimum atomic E-state index is -5.87. The number of ether oxygens (including phenoxy) is 2. The molecule has 0 aliphatic carbocycles. The van der Waals surface area contributed by atoms with Gasteiger partial charge in [-0.15, -0.1) is 0 Å². The van der Waals surface area contributed by atoms with Crippen molar-refractivity contribution < 1.29 is 41.0 Å². The Morgan fingerprint density at radius 1 is 0.881 bits per heavy atom. The number of alkyl halides is 2. The molecule has 0 radical (unpaired) electrons. The third-order valence-corrected chi connectivity index (χ3v) is 9.63. The fourth-order valence-corrected chi connectivity index (χ4v) is 6.84. The molecule has 0 bridgehead atoms. The van der Waals surface area contributed by atoms with Crippen molar-refractivity contribution in [2.45, 2.75) is 23.6 Å². The summed E-state index contributed by atoms with van der Waals surface area (Å²) in [5, 5.41) is -0.618. The smallest absolute Gasteiger partial charge is 0.399 e. The van der Waals surface area contributed by atoms with E-state index in [0.717, 1.165) is 33.6 Å². The van der Waals surface area contributed by atoms with Gasteiger partial charge in [0.2, 0.25) is 10.0 Å². The van der Waals surface area contributed by atoms with E-state index in [9.17, 15) is 21.8 Å². The predicted octanol–water partition coefficient (Wildman–Crippen LogP) is 6.64. The van der Waals surface area contributed by atoms with Gasteiger partial charge in [0.1, 0.15) is 16.4 Å². The Morgan fingerprint density at radius 2 is 1.57 bits per heavy atom. The molecule has 0 aliphatic heterocycles. The van der Waals surface area contributed by atoms with E-state index in [-0.39, 0.29) is 29.3 Å². The van der Waals surface area contributed by atoms with Crippen LogP contribution < -0.4 is 9.47 Å². The summed E-state index contributed by atoms with van der Waals surface area (Å²) in [6.07, 6.45) is 0. The van der Waals surface area contributed by atoms with Crippen LogP contribution in [0.2, 0.25) is 5.02 Å². The molecule has 42 heavy (non-hydrogen) atoms. The van der Waals surface area contributed by atoms with Crippen LogP contribution in [0.4, 0.5) is 8.78 Å². The second kappa shape index (κ2) is 12.5. The summed E-state index contributed by atoms with van der Waals surface area (Å²) in [6.45, 7) is -0.444. The lowest BCUT2D eigenvalue weighted by molar-refractivity contribution is 0.0565. The van der Waals surface area contributed by atoms with Crippen molar-refractivity contribution in [2.24, 2.45) is 0 Å². The Bertz CT molecular complexity index is 1750. The van der Waals surface area contributed by atoms with E-state index in [1.807, 2.05) is 30.3 Å². The minimum absolute atomic E-state index is 0.109. The summed E-state index contributed by atoms with van der Waals surface area (Å²) in [4.78, 5) is 18.2. The summed E-state index contributed by atoms with van der Waals surface area (Å²) in [5.41, 5.74) is -3.22. The van der Waals surface area contributed by atoms with E-state index >= 15 is 0 Å². The molecule has 4 aromatic carbocycles. The summed E-state index contributed by atoms with van der Waals surface area (Å²) in [6, 6.07) is 23.6. The first-order chi connectivity index (χ1) is 19.8. The monoisotopic (exact) mass is 637 g/mol. The van der Waals surface area contributed by atoms with Crippen molar-refractivity contribution in [1.29, 1.82) is 0 Å². The summed E-state index contributed by atoms with van der Waals surface area (Å²) in [5.74, 6) is 0.723. The van der Waals surface area contributed by atoms with Gasteiger partial charge in [0.25, 0.3) is 0 Å². The Morgan fingerprint density at radius 3 is 2.24 bits per heavy atom. The van der Waals surface area contributed by atoms with Gasteiger partial charge in [-0.1, -0.05) is 72.3 Å². The maximum atomic E-state index is 14.4. The molecule has 4 aromatic rings. The quantitative estimate of drug-likeness (QED) is 0.177. The highest BCUT2D eigenvalue weighted by Crippen LogP contribution is 2.60. The van der Waals surface area contributed by atoms with Crippen LogP contribution in [-0.2, 0) is 33.3 Å². The number of halogens is 3. The van der Waals surface area contributed by atoms with Gasteiger partial charge >= 0.3 is 13.3 Å². The molecule has 0 heterocycles. The molecule has 222 valence electrons. The van der Waals surface area contributed by atoms with Crippen molar-refractivity contribution >= 4 is 29.2 Å². The lowest BCUT2D eigenvalue weighted by Crippen LogP contribution is -2.31. The Labute approximate surface area is 247 Å². The van der Waals surface area contributed by atoms with Gasteiger partial charge in [0.05, 0.1) is 24.8 Å². The molecule has 0 aliphatic rings. The summed E-state index contributed by atoms with van der Waals surface area (Å²) in [7, 11) is -7.24. The largest absolute Gasteiger partial charge is 0.497 e. The first-order valence-electron chi connectivity index (χ1n) is 12.4. The topological polar surface area (TPSA) is 113 Å². The van der Waals surface area contributed by atoms with Crippen molar-refractivity contribution in [2.75, 3.05) is 14.2 Å². The highest BCUT2D eigenvalue weighted by molar-refractivity contribution is 7.89. The first kappa shape index (κ1) is 31.6. The maximum Gasteiger partial charge on any atom is 0.399 e. The number of sulfonamides is 1. The van der Waals surface area contributed by atoms with Crippen molar-refractivity contribution in [3.05, 3.63) is 113 Å². The van der Waals surface area contributed by atoms with E-state index in [4.69, 9.17) is 30.9 Å². The molecule has 0 saturated heterocycles. The molecule has 0 atom stereocenters. The van der Waals surface area contributed by atoms with Gasteiger partial charge < -0.3 is 19.3 Å². The number of benzene rings is 4. The SMILES string of the molecule is COc1cccc(-c2ccccc2CN(Cc2ccc(C(F)(F)P(=O)(O)O)c(Cl)c2)S(=O)(=O)c2ccccc2OC)c1. The Balaban J connectivity index is 1.81. The van der Waals surface area contributed by atoms with E-state index in [0.29, 0.717) is 11.3 Å². The van der Waals surface area contributed by atoms with Crippen molar-refractivity contribution in [1.82, 2.24) is 4.31 Å². The van der Waals surface area contributed by atoms with Crippen LogP contribution in [0.5, 0.6) is 11.5 Å². The van der Waals surface area contributed by atoms with Crippen molar-refractivity contribution in [3.63, 3.8) is 0 Å². The van der Waals surface area contributed by atoms with E-state index in [2.05, 4.69) is 0 Å². The third-order valence-electron chi connectivity index (χ3n) is 6.51. The van der Waals surface area contributed by atoms with Gasteiger partial charge in [-0.05, 0) is 52.6 Å². The number of methoxy groups -OCH3 is 2. The molecule has 0 aromatic heterocycles. The molecule has 8 nitrogen and oxygen atoms in total. The van der Waals surface area contributed by atoms with Crippen LogP contribution in [0.15, 0.2) is 95.9 Å². The maximum absolute atomic E-state index is 14.4. The second-order valence-electron chi connectivity index (χ2n) is 9.21. The molecule has 4 rings (SSSR count). The van der Waals surface area contributed by atoms with Crippen LogP contribution in [-0.4, -0.2) is 36.7 Å². The summed E-state index contributed by atoms with van der Waals surface area (Å²) < 4.78 is 80.1. The molecular weight excluding hydrogens is 611 g/mol. The highest BCUT2D eigenvalue weighted by Gasteiger charge is 2.51. The van der Waals surface area contributed by atoms with Crippen LogP contribution in [0.3, 0.4) is 0 Å². The molecule has 0 unspecified atom stereocenters. The standard InChI is InChI=1S/C29H27ClF2NO7PS/c1-39-23-10-7-9-21(17-23)24-11-4-3-8-22(24)19-33(42(37,38)28-13-6-5-12-27(28)40-2)18-20-14-15-25(26(30)16-20)29(31,32)41(34,35)36/h3-17H,18-19H2,1-2H3,(H2,34,35,36). The minimum Gasteiger partial charge on any atom is -0.497 e. The number of rotatable bonds is 11. The molecule has 0 amide bonds. The van der Waals surface area contributed by atoms with Gasteiger partial charge in [-0.25, -0.2) is 8.42 Å². The van der Waals surface area contributed by atoms with E-state index in [1.54, 1.807) is 37.4 Å². The molecule has 13 heteroatoms. The van der Waals surface area contributed by atoms with Crippen LogP contribution >= 0.6 is 19.2 Å².